The Bertz CT molecular complexity index is 743. The molecule has 2 aromatic heterocycles. The maximum atomic E-state index is 13.2. The minimum atomic E-state index is -0.264. The number of tetrazole rings is 1. The zero-order chi connectivity index (χ0) is 18.6. The van der Waals surface area contributed by atoms with Crippen molar-refractivity contribution in [1.29, 1.82) is 0 Å². The van der Waals surface area contributed by atoms with E-state index < -0.39 is 0 Å². The lowest BCUT2D eigenvalue weighted by Crippen LogP contribution is -2.45. The second kappa shape index (κ2) is 8.13. The van der Waals surface area contributed by atoms with Crippen molar-refractivity contribution in [3.05, 3.63) is 24.5 Å². The van der Waals surface area contributed by atoms with Gasteiger partial charge in [0.15, 0.2) is 0 Å². The Kier molecular flexibility index (Phi) is 5.44. The van der Waals surface area contributed by atoms with Gasteiger partial charge in [-0.05, 0) is 29.7 Å². The van der Waals surface area contributed by atoms with Crippen LogP contribution in [0.5, 0.6) is 0 Å². The van der Waals surface area contributed by atoms with E-state index in [4.69, 9.17) is 0 Å². The number of aryl methyl sites for hydroxylation is 1. The minimum Gasteiger partial charge on any atom is -0.342 e. The highest BCUT2D eigenvalue weighted by atomic mass is 16.2. The molecule has 0 aliphatic carbocycles. The van der Waals surface area contributed by atoms with Crippen LogP contribution in [0.3, 0.4) is 0 Å². The first kappa shape index (κ1) is 18.1. The molecule has 1 amide bonds. The molecule has 146 valence electrons. The summed E-state index contributed by atoms with van der Waals surface area (Å²) in [6, 6.07) is 0. The quantitative estimate of drug-likeness (QED) is 0.750. The molecule has 2 aromatic rings. The monoisotopic (exact) mass is 373 g/mol. The number of unbranched alkanes of at least 4 members (excludes halogenated alkanes) is 1. The van der Waals surface area contributed by atoms with Crippen molar-refractivity contribution >= 4 is 5.91 Å². The molecule has 27 heavy (non-hydrogen) atoms. The number of nitrogens with zero attached hydrogens (tertiary/aromatic N) is 7. The van der Waals surface area contributed by atoms with E-state index in [2.05, 4.69) is 49.0 Å². The van der Waals surface area contributed by atoms with Crippen LogP contribution >= 0.6 is 0 Å². The molecule has 0 spiro atoms. The van der Waals surface area contributed by atoms with Crippen molar-refractivity contribution in [1.82, 2.24) is 45.5 Å². The molecule has 3 atom stereocenters. The predicted octanol–water partition coefficient (Wildman–Crippen LogP) is 0.299. The molecule has 2 N–H and O–H groups in total. The van der Waals surface area contributed by atoms with Crippen molar-refractivity contribution < 1.29 is 4.79 Å². The van der Waals surface area contributed by atoms with E-state index in [0.29, 0.717) is 12.5 Å². The number of amides is 1. The Labute approximate surface area is 158 Å². The van der Waals surface area contributed by atoms with Gasteiger partial charge in [-0.1, -0.05) is 13.3 Å². The molecule has 0 saturated carbocycles. The highest BCUT2D eigenvalue weighted by Gasteiger charge is 2.39. The molecule has 3 unspecified atom stereocenters. The number of likely N-dealkylation sites (tertiary alicyclic amines) is 1. The highest BCUT2D eigenvalue weighted by Crippen LogP contribution is 2.29. The molecule has 4 heterocycles. The third kappa shape index (κ3) is 3.72. The molecule has 0 aromatic carbocycles. The number of hydrogen-bond donors (Lipinski definition) is 2. The third-order valence-electron chi connectivity index (χ3n) is 5.52. The normalized spacial score (nSPS) is 25.8. The molecule has 2 fully saturated rings. The minimum absolute atomic E-state index is 0.143. The van der Waals surface area contributed by atoms with Crippen LogP contribution in [-0.2, 0) is 11.3 Å². The zero-order valence-electron chi connectivity index (χ0n) is 15.7. The molecule has 4 rings (SSSR count). The molecule has 0 radical (unpaired) electrons. The first-order valence-corrected chi connectivity index (χ1v) is 9.78. The second-order valence-corrected chi connectivity index (χ2v) is 7.32. The van der Waals surface area contributed by atoms with Crippen LogP contribution in [0.15, 0.2) is 18.7 Å². The van der Waals surface area contributed by atoms with Gasteiger partial charge in [-0.3, -0.25) is 10.2 Å². The topological polar surface area (TPSA) is 106 Å². The molecule has 2 saturated heterocycles. The lowest BCUT2D eigenvalue weighted by molar-refractivity contribution is -0.137. The van der Waals surface area contributed by atoms with Gasteiger partial charge in [-0.15, -0.1) is 5.10 Å². The molecular formula is C17H27N9O. The first-order chi connectivity index (χ1) is 13.3. The maximum Gasteiger partial charge on any atom is 0.230 e. The third-order valence-corrected chi connectivity index (χ3v) is 5.52. The van der Waals surface area contributed by atoms with Crippen LogP contribution in [-0.4, -0.2) is 60.2 Å². The van der Waals surface area contributed by atoms with E-state index in [-0.39, 0.29) is 18.0 Å². The molecule has 2 aliphatic rings. The fraction of sp³-hybridized carbons (Fsp3) is 0.706. The summed E-state index contributed by atoms with van der Waals surface area (Å²) in [6.45, 7) is 5.27. The summed E-state index contributed by atoms with van der Waals surface area (Å²) in [7, 11) is 0. The van der Waals surface area contributed by atoms with Gasteiger partial charge in [0.25, 0.3) is 0 Å². The zero-order valence-corrected chi connectivity index (χ0v) is 15.7. The molecular weight excluding hydrogens is 346 g/mol. The van der Waals surface area contributed by atoms with Crippen molar-refractivity contribution in [2.45, 2.75) is 51.2 Å². The average molecular weight is 373 g/mol. The summed E-state index contributed by atoms with van der Waals surface area (Å²) in [4.78, 5) is 19.8. The number of hydrogen-bond acceptors (Lipinski definition) is 7. The molecule has 2 aliphatic heterocycles. The number of nitrogens with one attached hydrogen (secondary N) is 2. The number of piperidine rings is 1. The van der Waals surface area contributed by atoms with Crippen LogP contribution in [0, 0.1) is 5.92 Å². The summed E-state index contributed by atoms with van der Waals surface area (Å²) in [5.41, 5.74) is 6.18. The smallest absolute Gasteiger partial charge is 0.230 e. The van der Waals surface area contributed by atoms with E-state index in [1.807, 2.05) is 11.1 Å². The van der Waals surface area contributed by atoms with Gasteiger partial charge in [-0.2, -0.15) is 0 Å². The van der Waals surface area contributed by atoms with Gasteiger partial charge in [0.2, 0.25) is 5.91 Å². The first-order valence-electron chi connectivity index (χ1n) is 9.78. The number of aromatic nitrogens is 6. The summed E-state index contributed by atoms with van der Waals surface area (Å²) >= 11 is 0. The van der Waals surface area contributed by atoms with Gasteiger partial charge in [0.1, 0.15) is 18.3 Å². The number of hydrazine groups is 1. The van der Waals surface area contributed by atoms with Gasteiger partial charge in [0, 0.05) is 44.5 Å². The van der Waals surface area contributed by atoms with Crippen LogP contribution in [0.4, 0.5) is 0 Å². The second-order valence-electron chi connectivity index (χ2n) is 7.32. The van der Waals surface area contributed by atoms with Crippen molar-refractivity contribution in [3.8, 4) is 0 Å². The molecule has 10 heteroatoms. The van der Waals surface area contributed by atoms with Crippen LogP contribution in [0.2, 0.25) is 0 Å². The lowest BCUT2D eigenvalue weighted by atomic mass is 9.95. The van der Waals surface area contributed by atoms with E-state index in [0.717, 1.165) is 51.1 Å². The highest BCUT2D eigenvalue weighted by molar-refractivity contribution is 5.80. The molecule has 0 bridgehead atoms. The summed E-state index contributed by atoms with van der Waals surface area (Å²) in [5.74, 6) is 1.32. The Balaban J connectivity index is 1.45. The number of rotatable bonds is 6. The number of imidazole rings is 1. The Morgan fingerprint density at radius 2 is 2.33 bits per heavy atom. The van der Waals surface area contributed by atoms with E-state index in [1.54, 1.807) is 4.68 Å². The number of carbonyl (C=O) groups is 1. The Hall–Kier alpha value is -2.33. The standard InChI is InChI=1S/C17H27N9O/c1-2-3-7-24-9-6-18-15(24)13-5-4-8-25(11-13)17(27)14-10-19-21-16(14)26-12-20-22-23-26/h6,9,12-14,16,19,21H,2-5,7-8,10-11H2,1H3. The summed E-state index contributed by atoms with van der Waals surface area (Å²) in [5, 5.41) is 11.3. The van der Waals surface area contributed by atoms with Crippen molar-refractivity contribution in [2.75, 3.05) is 19.6 Å². The largest absolute Gasteiger partial charge is 0.342 e. The van der Waals surface area contributed by atoms with Gasteiger partial charge < -0.3 is 9.47 Å². The SMILES string of the molecule is CCCCn1ccnc1C1CCCN(C(=O)C2CNNC2n2cnnn2)C1. The van der Waals surface area contributed by atoms with Crippen LogP contribution < -0.4 is 10.9 Å². The van der Waals surface area contributed by atoms with Crippen molar-refractivity contribution in [2.24, 2.45) is 5.92 Å². The predicted molar refractivity (Wildman–Crippen MR) is 97.2 cm³/mol. The number of carbonyl (C=O) groups excluding carboxylic acids is 1. The van der Waals surface area contributed by atoms with Gasteiger partial charge >= 0.3 is 0 Å². The van der Waals surface area contributed by atoms with E-state index in [9.17, 15) is 4.79 Å². The van der Waals surface area contributed by atoms with Crippen LogP contribution in [0.25, 0.3) is 0 Å². The lowest BCUT2D eigenvalue weighted by Gasteiger charge is -2.35. The Morgan fingerprint density at radius 3 is 3.15 bits per heavy atom. The summed E-state index contributed by atoms with van der Waals surface area (Å²) < 4.78 is 3.85. The maximum absolute atomic E-state index is 13.2. The van der Waals surface area contributed by atoms with E-state index >= 15 is 0 Å². The van der Waals surface area contributed by atoms with Gasteiger partial charge in [-0.25, -0.2) is 15.1 Å². The Morgan fingerprint density at radius 1 is 1.41 bits per heavy atom. The average Bonchev–Trinajstić information content (AvgIpc) is 3.46. The van der Waals surface area contributed by atoms with Gasteiger partial charge in [0.05, 0.1) is 5.92 Å². The fourth-order valence-corrected chi connectivity index (χ4v) is 4.08. The fourth-order valence-electron chi connectivity index (χ4n) is 4.08. The molecule has 10 nitrogen and oxygen atoms in total. The summed E-state index contributed by atoms with van der Waals surface area (Å²) in [6.07, 6.45) is 9.59. The van der Waals surface area contributed by atoms with Crippen molar-refractivity contribution in [3.63, 3.8) is 0 Å². The van der Waals surface area contributed by atoms with Crippen LogP contribution in [0.1, 0.15) is 50.5 Å². The van der Waals surface area contributed by atoms with E-state index in [1.165, 1.54) is 6.33 Å².